The maximum absolute atomic E-state index is 13.3. The first-order valence-corrected chi connectivity index (χ1v) is 15.1. The number of rotatable bonds is 9. The van der Waals surface area contributed by atoms with Gasteiger partial charge < -0.3 is 19.6 Å². The molecule has 8 nitrogen and oxygen atoms in total. The van der Waals surface area contributed by atoms with E-state index in [1.54, 1.807) is 6.07 Å². The van der Waals surface area contributed by atoms with Crippen LogP contribution in [0.4, 0.5) is 0 Å². The number of aldehydes is 1. The zero-order valence-electron chi connectivity index (χ0n) is 24.9. The molecule has 1 fully saturated rings. The molecule has 3 heterocycles. The molecule has 2 aromatic heterocycles. The largest absolute Gasteiger partial charge is 0.343 e. The summed E-state index contributed by atoms with van der Waals surface area (Å²) in [6.45, 7) is 9.43. The lowest BCUT2D eigenvalue weighted by Crippen LogP contribution is -2.39. The third-order valence-corrected chi connectivity index (χ3v) is 8.58. The first kappa shape index (κ1) is 30.0. The molecule has 1 amide bonds. The van der Waals surface area contributed by atoms with E-state index in [-0.39, 0.29) is 29.2 Å². The highest BCUT2D eigenvalue weighted by Crippen LogP contribution is 2.30. The van der Waals surface area contributed by atoms with Crippen LogP contribution in [-0.2, 0) is 22.6 Å². The van der Waals surface area contributed by atoms with E-state index >= 15 is 0 Å². The quantitative estimate of drug-likeness (QED) is 0.244. The molecule has 1 aliphatic heterocycles. The van der Waals surface area contributed by atoms with Crippen molar-refractivity contribution in [1.82, 2.24) is 25.0 Å². The van der Waals surface area contributed by atoms with E-state index in [2.05, 4.69) is 54.0 Å². The summed E-state index contributed by atoms with van der Waals surface area (Å²) >= 11 is 6.25. The van der Waals surface area contributed by atoms with Crippen molar-refractivity contribution in [2.45, 2.75) is 58.9 Å². The van der Waals surface area contributed by atoms with E-state index in [0.29, 0.717) is 42.9 Å². The summed E-state index contributed by atoms with van der Waals surface area (Å²) in [6.07, 6.45) is 4.85. The van der Waals surface area contributed by atoms with Crippen LogP contribution < -0.4 is 5.56 Å². The van der Waals surface area contributed by atoms with Crippen LogP contribution in [0, 0.1) is 11.3 Å². The minimum absolute atomic E-state index is 0.0134. The summed E-state index contributed by atoms with van der Waals surface area (Å²) in [5.74, 6) is -0.364. The number of hydrogen-bond acceptors (Lipinski definition) is 5. The van der Waals surface area contributed by atoms with Crippen molar-refractivity contribution in [1.29, 1.82) is 0 Å². The number of aromatic nitrogens is 3. The van der Waals surface area contributed by atoms with Gasteiger partial charge in [0.2, 0.25) is 5.91 Å². The molecular formula is C33H40ClN5O3. The van der Waals surface area contributed by atoms with Crippen LogP contribution >= 0.6 is 11.6 Å². The number of H-pyrrole nitrogens is 2. The molecule has 0 radical (unpaired) electrons. The fraction of sp³-hybridized carbons (Fsp3) is 0.455. The van der Waals surface area contributed by atoms with E-state index in [1.807, 2.05) is 35.4 Å². The number of benzene rings is 2. The van der Waals surface area contributed by atoms with Gasteiger partial charge in [-0.05, 0) is 67.0 Å². The van der Waals surface area contributed by atoms with Crippen LogP contribution in [0.1, 0.15) is 62.6 Å². The van der Waals surface area contributed by atoms with Gasteiger partial charge >= 0.3 is 0 Å². The fourth-order valence-corrected chi connectivity index (χ4v) is 6.62. The lowest BCUT2D eigenvalue weighted by molar-refractivity contribution is -0.134. The molecule has 42 heavy (non-hydrogen) atoms. The Balaban J connectivity index is 1.24. The molecule has 0 saturated carbocycles. The Bertz CT molecular complexity index is 1650. The first-order valence-electron chi connectivity index (χ1n) is 14.7. The number of halogens is 1. The Morgan fingerprint density at radius 2 is 1.98 bits per heavy atom. The molecule has 222 valence electrons. The topological polar surface area (TPSA) is 102 Å². The van der Waals surface area contributed by atoms with Gasteiger partial charge in [0.15, 0.2) is 0 Å². The number of pyridine rings is 1. The van der Waals surface area contributed by atoms with Crippen molar-refractivity contribution in [2.24, 2.45) is 11.3 Å². The number of carbonyl (C=O) groups excluding carboxylic acids is 2. The minimum atomic E-state index is -0.417. The van der Waals surface area contributed by atoms with Crippen LogP contribution in [0.25, 0.3) is 21.8 Å². The smallest absolute Gasteiger partial charge is 0.251 e. The fourth-order valence-electron chi connectivity index (χ4n) is 6.39. The number of hydrogen-bond donors (Lipinski definition) is 2. The van der Waals surface area contributed by atoms with Gasteiger partial charge in [-0.3, -0.25) is 14.7 Å². The Labute approximate surface area is 251 Å². The highest BCUT2D eigenvalue weighted by molar-refractivity contribution is 6.35. The molecule has 1 unspecified atom stereocenters. The molecule has 9 heteroatoms. The number of carbonyl (C=O) groups is 2. The van der Waals surface area contributed by atoms with Gasteiger partial charge in [0.1, 0.15) is 6.29 Å². The van der Waals surface area contributed by atoms with Crippen LogP contribution in [0.15, 0.2) is 47.4 Å². The molecule has 5 rings (SSSR count). The highest BCUT2D eigenvalue weighted by Gasteiger charge is 2.28. The maximum Gasteiger partial charge on any atom is 0.251 e. The molecule has 2 aromatic carbocycles. The van der Waals surface area contributed by atoms with Gasteiger partial charge in [-0.15, -0.1) is 0 Å². The normalized spacial score (nSPS) is 15.5. The second-order valence-electron chi connectivity index (χ2n) is 13.0. The Morgan fingerprint density at radius 3 is 2.69 bits per heavy atom. The number of aromatic amines is 2. The van der Waals surface area contributed by atoms with Crippen molar-refractivity contribution >= 4 is 45.6 Å². The van der Waals surface area contributed by atoms with E-state index in [1.165, 1.54) is 0 Å². The highest BCUT2D eigenvalue weighted by atomic mass is 35.5. The summed E-state index contributed by atoms with van der Waals surface area (Å²) < 4.78 is 0. The molecule has 0 spiro atoms. The van der Waals surface area contributed by atoms with E-state index in [4.69, 9.17) is 11.6 Å². The molecule has 4 aromatic rings. The monoisotopic (exact) mass is 589 g/mol. The zero-order valence-corrected chi connectivity index (χ0v) is 25.6. The summed E-state index contributed by atoms with van der Waals surface area (Å²) in [6, 6.07) is 11.6. The molecule has 2 N–H and O–H groups in total. The van der Waals surface area contributed by atoms with Gasteiger partial charge in [-0.2, -0.15) is 5.10 Å². The second-order valence-corrected chi connectivity index (χ2v) is 13.4. The van der Waals surface area contributed by atoms with Gasteiger partial charge in [-0.25, -0.2) is 0 Å². The van der Waals surface area contributed by atoms with Crippen LogP contribution in [-0.4, -0.2) is 63.9 Å². The number of para-hydroxylation sites is 1. The van der Waals surface area contributed by atoms with Crippen molar-refractivity contribution < 1.29 is 9.59 Å². The third kappa shape index (κ3) is 6.76. The zero-order chi connectivity index (χ0) is 30.0. The SMILES string of the molecule is CN(Cc1c(CC(C=O)CC(=O)N2CCC(c3cc4cccc(Cl)c4[nH]c3=O)CC2)ccc2[nH]ncc12)CC(C)(C)C. The van der Waals surface area contributed by atoms with E-state index < -0.39 is 5.92 Å². The van der Waals surface area contributed by atoms with Crippen molar-refractivity contribution in [3.63, 3.8) is 0 Å². The number of amides is 1. The third-order valence-electron chi connectivity index (χ3n) is 8.26. The first-order chi connectivity index (χ1) is 20.0. The summed E-state index contributed by atoms with van der Waals surface area (Å²) in [7, 11) is 2.11. The van der Waals surface area contributed by atoms with Crippen molar-refractivity contribution in [3.8, 4) is 0 Å². The van der Waals surface area contributed by atoms with Crippen molar-refractivity contribution in [2.75, 3.05) is 26.7 Å². The summed E-state index contributed by atoms with van der Waals surface area (Å²) in [5, 5.41) is 9.78. The Morgan fingerprint density at radius 1 is 1.21 bits per heavy atom. The Hall–Kier alpha value is -3.49. The van der Waals surface area contributed by atoms with Crippen molar-refractivity contribution in [3.05, 3.63) is 74.7 Å². The van der Waals surface area contributed by atoms with E-state index in [9.17, 15) is 14.4 Å². The van der Waals surface area contributed by atoms with E-state index in [0.717, 1.165) is 52.4 Å². The second kappa shape index (κ2) is 12.4. The molecule has 1 aliphatic rings. The average Bonchev–Trinajstić information content (AvgIpc) is 3.42. The molecule has 0 bridgehead atoms. The number of nitrogens with zero attached hydrogens (tertiary/aromatic N) is 3. The lowest BCUT2D eigenvalue weighted by Gasteiger charge is -2.32. The van der Waals surface area contributed by atoms with Gasteiger partial charge in [-0.1, -0.05) is 50.6 Å². The standard InChI is InChI=1S/C33H40ClN5O3/c1-33(2,3)20-38(4)18-27-23(8-9-29-26(27)17-35-37-29)14-21(19-40)15-30(41)39-12-10-22(11-13-39)25-16-24-6-5-7-28(34)31(24)36-32(25)42/h5-9,16-17,19,21-22H,10-15,18,20H2,1-4H3,(H,35,37)(H,36,42). The van der Waals surface area contributed by atoms with Crippen LogP contribution in [0.5, 0.6) is 0 Å². The number of likely N-dealkylation sites (tertiary alicyclic amines) is 1. The van der Waals surface area contributed by atoms with Gasteiger partial charge in [0.05, 0.1) is 22.3 Å². The average molecular weight is 590 g/mol. The molecular weight excluding hydrogens is 550 g/mol. The molecule has 1 saturated heterocycles. The number of nitrogens with one attached hydrogen (secondary N) is 2. The van der Waals surface area contributed by atoms with Gasteiger partial charge in [0.25, 0.3) is 5.56 Å². The predicted octanol–water partition coefficient (Wildman–Crippen LogP) is 5.69. The minimum Gasteiger partial charge on any atom is -0.343 e. The van der Waals surface area contributed by atoms with Crippen LogP contribution in [0.2, 0.25) is 5.02 Å². The lowest BCUT2D eigenvalue weighted by atomic mass is 9.88. The molecule has 0 aliphatic carbocycles. The predicted molar refractivity (Wildman–Crippen MR) is 168 cm³/mol. The number of fused-ring (bicyclic) bond motifs is 2. The Kier molecular flexibility index (Phi) is 8.85. The number of piperidine rings is 1. The summed E-state index contributed by atoms with van der Waals surface area (Å²) in [4.78, 5) is 45.5. The van der Waals surface area contributed by atoms with Crippen LogP contribution in [0.3, 0.4) is 0 Å². The summed E-state index contributed by atoms with van der Waals surface area (Å²) in [5.41, 5.74) is 4.60. The maximum atomic E-state index is 13.3. The molecule has 1 atom stereocenters. The van der Waals surface area contributed by atoms with Gasteiger partial charge in [0, 0.05) is 54.9 Å².